The Morgan fingerprint density at radius 3 is 3.12 bits per heavy atom. The minimum absolute atomic E-state index is 0.729. The Bertz CT molecular complexity index is 255. The summed E-state index contributed by atoms with van der Waals surface area (Å²) in [7, 11) is 0. The molecule has 0 saturated carbocycles. The van der Waals surface area contributed by atoms with Crippen LogP contribution in [-0.2, 0) is 0 Å². The van der Waals surface area contributed by atoms with Crippen molar-refractivity contribution >= 4 is 16.9 Å². The standard InChI is InChI=1S/C12H23N3S/c1-3-15-6-4-5-11(15)8-14-12-13-7-10(2)9-16-12/h10-11H,3-9H2,1-2H3,(H,13,14). The van der Waals surface area contributed by atoms with Crippen molar-refractivity contribution in [1.82, 2.24) is 10.2 Å². The van der Waals surface area contributed by atoms with Crippen LogP contribution in [0.15, 0.2) is 4.99 Å². The Kier molecular flexibility index (Phi) is 4.53. The molecule has 0 aromatic carbocycles. The summed E-state index contributed by atoms with van der Waals surface area (Å²) in [6, 6.07) is 0.729. The van der Waals surface area contributed by atoms with E-state index in [0.29, 0.717) is 0 Å². The third kappa shape index (κ3) is 3.14. The monoisotopic (exact) mass is 241 g/mol. The molecule has 2 aliphatic heterocycles. The lowest BCUT2D eigenvalue weighted by atomic mass is 10.2. The molecular formula is C12H23N3S. The van der Waals surface area contributed by atoms with Crippen LogP contribution in [0, 0.1) is 5.92 Å². The number of hydrogen-bond donors (Lipinski definition) is 1. The third-order valence-electron chi connectivity index (χ3n) is 3.45. The molecule has 0 bridgehead atoms. The molecule has 2 rings (SSSR count). The molecule has 3 nitrogen and oxygen atoms in total. The van der Waals surface area contributed by atoms with E-state index in [9.17, 15) is 0 Å². The van der Waals surface area contributed by atoms with Crippen molar-refractivity contribution in [3.63, 3.8) is 0 Å². The second-order valence-electron chi connectivity index (χ2n) is 4.87. The van der Waals surface area contributed by atoms with Crippen LogP contribution in [0.1, 0.15) is 26.7 Å². The Hall–Kier alpha value is -0.220. The first-order valence-corrected chi connectivity index (χ1v) is 7.43. The van der Waals surface area contributed by atoms with Gasteiger partial charge in [-0.15, -0.1) is 0 Å². The lowest BCUT2D eigenvalue weighted by Crippen LogP contribution is -2.40. The van der Waals surface area contributed by atoms with Gasteiger partial charge in [-0.05, 0) is 31.8 Å². The van der Waals surface area contributed by atoms with Crippen LogP contribution in [0.25, 0.3) is 0 Å². The first kappa shape index (κ1) is 12.2. The summed E-state index contributed by atoms with van der Waals surface area (Å²) in [6.07, 6.45) is 2.70. The number of amidine groups is 1. The van der Waals surface area contributed by atoms with E-state index < -0.39 is 0 Å². The molecule has 16 heavy (non-hydrogen) atoms. The average molecular weight is 241 g/mol. The van der Waals surface area contributed by atoms with E-state index >= 15 is 0 Å². The molecular weight excluding hydrogens is 218 g/mol. The molecule has 1 N–H and O–H groups in total. The fourth-order valence-electron chi connectivity index (χ4n) is 2.41. The zero-order chi connectivity index (χ0) is 11.4. The molecule has 2 atom stereocenters. The maximum Gasteiger partial charge on any atom is 0.156 e. The lowest BCUT2D eigenvalue weighted by molar-refractivity contribution is 0.267. The highest BCUT2D eigenvalue weighted by Crippen LogP contribution is 2.18. The van der Waals surface area contributed by atoms with Crippen LogP contribution in [-0.4, -0.2) is 48.0 Å². The first-order valence-electron chi connectivity index (χ1n) is 6.44. The number of thioether (sulfide) groups is 1. The molecule has 2 unspecified atom stereocenters. The second-order valence-corrected chi connectivity index (χ2v) is 5.88. The molecule has 4 heteroatoms. The molecule has 1 fully saturated rings. The quantitative estimate of drug-likeness (QED) is 0.816. The highest BCUT2D eigenvalue weighted by atomic mass is 32.2. The first-order chi connectivity index (χ1) is 7.79. The summed E-state index contributed by atoms with van der Waals surface area (Å²) < 4.78 is 0. The fraction of sp³-hybridized carbons (Fsp3) is 0.917. The van der Waals surface area contributed by atoms with Crippen molar-refractivity contribution in [2.24, 2.45) is 10.9 Å². The number of likely N-dealkylation sites (N-methyl/N-ethyl adjacent to an activating group) is 1. The van der Waals surface area contributed by atoms with Gasteiger partial charge in [-0.1, -0.05) is 25.6 Å². The van der Waals surface area contributed by atoms with Gasteiger partial charge in [0.1, 0.15) is 0 Å². The van der Waals surface area contributed by atoms with Crippen molar-refractivity contribution in [3.8, 4) is 0 Å². The molecule has 0 aromatic heterocycles. The van der Waals surface area contributed by atoms with Crippen LogP contribution >= 0.6 is 11.8 Å². The van der Waals surface area contributed by atoms with Crippen LogP contribution < -0.4 is 5.32 Å². The number of hydrogen-bond acceptors (Lipinski definition) is 4. The Labute approximate surface area is 103 Å². The van der Waals surface area contributed by atoms with E-state index in [-0.39, 0.29) is 0 Å². The molecule has 2 heterocycles. The van der Waals surface area contributed by atoms with Gasteiger partial charge >= 0.3 is 0 Å². The minimum atomic E-state index is 0.729. The molecule has 0 amide bonds. The van der Waals surface area contributed by atoms with Gasteiger partial charge in [0.25, 0.3) is 0 Å². The topological polar surface area (TPSA) is 27.6 Å². The average Bonchev–Trinajstić information content (AvgIpc) is 2.76. The van der Waals surface area contributed by atoms with E-state index in [2.05, 4.69) is 29.1 Å². The second kappa shape index (κ2) is 5.92. The molecule has 0 radical (unpaired) electrons. The summed E-state index contributed by atoms with van der Waals surface area (Å²) >= 11 is 1.88. The summed E-state index contributed by atoms with van der Waals surface area (Å²) in [6.45, 7) is 9.06. The number of likely N-dealkylation sites (tertiary alicyclic amines) is 1. The van der Waals surface area contributed by atoms with Crippen molar-refractivity contribution in [2.45, 2.75) is 32.7 Å². The molecule has 0 aliphatic carbocycles. The predicted molar refractivity (Wildman–Crippen MR) is 72.2 cm³/mol. The molecule has 0 aromatic rings. The number of rotatable bonds is 3. The van der Waals surface area contributed by atoms with Crippen molar-refractivity contribution < 1.29 is 0 Å². The third-order valence-corrected chi connectivity index (χ3v) is 4.73. The van der Waals surface area contributed by atoms with Gasteiger partial charge in [0.15, 0.2) is 5.17 Å². The van der Waals surface area contributed by atoms with Gasteiger partial charge in [-0.2, -0.15) is 0 Å². The lowest BCUT2D eigenvalue weighted by Gasteiger charge is -2.25. The Morgan fingerprint density at radius 1 is 1.56 bits per heavy atom. The summed E-state index contributed by atoms with van der Waals surface area (Å²) in [5, 5.41) is 4.69. The van der Waals surface area contributed by atoms with E-state index in [0.717, 1.165) is 25.0 Å². The van der Waals surface area contributed by atoms with E-state index in [1.807, 2.05) is 11.8 Å². The number of nitrogens with one attached hydrogen (secondary N) is 1. The van der Waals surface area contributed by atoms with Gasteiger partial charge in [-0.3, -0.25) is 9.89 Å². The van der Waals surface area contributed by atoms with Gasteiger partial charge < -0.3 is 5.32 Å². The van der Waals surface area contributed by atoms with Crippen molar-refractivity contribution in [2.75, 3.05) is 31.9 Å². The Balaban J connectivity index is 1.74. The minimum Gasteiger partial charge on any atom is -0.363 e. The van der Waals surface area contributed by atoms with Crippen LogP contribution in [0.4, 0.5) is 0 Å². The van der Waals surface area contributed by atoms with E-state index in [1.54, 1.807) is 0 Å². The van der Waals surface area contributed by atoms with E-state index in [4.69, 9.17) is 0 Å². The van der Waals surface area contributed by atoms with E-state index in [1.165, 1.54) is 36.9 Å². The van der Waals surface area contributed by atoms with Gasteiger partial charge in [0.2, 0.25) is 0 Å². The molecule has 92 valence electrons. The van der Waals surface area contributed by atoms with Gasteiger partial charge in [0, 0.05) is 24.9 Å². The normalized spacial score (nSPS) is 31.5. The maximum absolute atomic E-state index is 4.57. The summed E-state index contributed by atoms with van der Waals surface area (Å²) in [4.78, 5) is 7.15. The highest BCUT2D eigenvalue weighted by molar-refractivity contribution is 8.13. The predicted octanol–water partition coefficient (Wildman–Crippen LogP) is 1.80. The zero-order valence-electron chi connectivity index (χ0n) is 10.4. The molecule has 2 aliphatic rings. The summed E-state index contributed by atoms with van der Waals surface area (Å²) in [5.41, 5.74) is 0. The highest BCUT2D eigenvalue weighted by Gasteiger charge is 2.23. The number of nitrogens with zero attached hydrogens (tertiary/aromatic N) is 2. The van der Waals surface area contributed by atoms with Crippen LogP contribution in [0.2, 0.25) is 0 Å². The van der Waals surface area contributed by atoms with Gasteiger partial charge in [-0.25, -0.2) is 0 Å². The van der Waals surface area contributed by atoms with Crippen LogP contribution in [0.5, 0.6) is 0 Å². The zero-order valence-corrected chi connectivity index (χ0v) is 11.2. The molecule has 1 saturated heterocycles. The molecule has 0 spiro atoms. The Morgan fingerprint density at radius 2 is 2.44 bits per heavy atom. The van der Waals surface area contributed by atoms with Crippen molar-refractivity contribution in [1.29, 1.82) is 0 Å². The maximum atomic E-state index is 4.57. The smallest absolute Gasteiger partial charge is 0.156 e. The van der Waals surface area contributed by atoms with Crippen molar-refractivity contribution in [3.05, 3.63) is 0 Å². The summed E-state index contributed by atoms with van der Waals surface area (Å²) in [5.74, 6) is 1.96. The van der Waals surface area contributed by atoms with Crippen LogP contribution in [0.3, 0.4) is 0 Å². The largest absolute Gasteiger partial charge is 0.363 e. The number of aliphatic imine (C=N–C) groups is 1. The SMILES string of the molecule is CCN1CCCC1CNC1=NCC(C)CS1. The fourth-order valence-corrected chi connectivity index (χ4v) is 3.31. The van der Waals surface area contributed by atoms with Gasteiger partial charge in [0.05, 0.1) is 0 Å².